The van der Waals surface area contributed by atoms with Gasteiger partial charge in [0, 0.05) is 12.6 Å². The maximum absolute atomic E-state index is 12.5. The van der Waals surface area contributed by atoms with Gasteiger partial charge < -0.3 is 29.3 Å². The number of hydrogen-bond donors (Lipinski definition) is 2. The summed E-state index contributed by atoms with van der Waals surface area (Å²) in [7, 11) is 1.40. The Hall–Kier alpha value is -4.08. The van der Waals surface area contributed by atoms with Gasteiger partial charge in [-0.25, -0.2) is 14.4 Å². The van der Waals surface area contributed by atoms with E-state index in [0.29, 0.717) is 0 Å². The number of carbonyl (C=O) groups excluding carboxylic acids is 2. The molecule has 2 rings (SSSR count). The van der Waals surface area contributed by atoms with Crippen molar-refractivity contribution in [3.8, 4) is 11.5 Å². The standard InChI is InChI=1S/C21H21NO9/c1-22(21(28)31-11-14-5-3-2-4-6-14)10-16(23)15-7-8-17(29-12-19(24)25)18(9-15)30-13-20(26)27/h2-9H,10-13H2,1H3,(H,24,25)(H,26,27). The van der Waals surface area contributed by atoms with E-state index in [4.69, 9.17) is 24.4 Å². The quantitative estimate of drug-likeness (QED) is 0.512. The van der Waals surface area contributed by atoms with Crippen molar-refractivity contribution < 1.29 is 43.6 Å². The van der Waals surface area contributed by atoms with Gasteiger partial charge in [0.15, 0.2) is 30.5 Å². The summed E-state index contributed by atoms with van der Waals surface area (Å²) in [6.45, 7) is -1.64. The molecule has 0 radical (unpaired) electrons. The van der Waals surface area contributed by atoms with Crippen molar-refractivity contribution in [1.82, 2.24) is 4.90 Å². The highest BCUT2D eigenvalue weighted by molar-refractivity contribution is 5.99. The zero-order chi connectivity index (χ0) is 22.8. The number of carboxylic acid groups (broad SMARTS) is 2. The number of Topliss-reactive ketones (excluding diaryl/α,β-unsaturated/α-hetero) is 1. The van der Waals surface area contributed by atoms with Crippen LogP contribution < -0.4 is 9.47 Å². The van der Waals surface area contributed by atoms with E-state index in [1.54, 1.807) is 12.1 Å². The molecular weight excluding hydrogens is 410 g/mol. The molecule has 0 heterocycles. The minimum Gasteiger partial charge on any atom is -0.479 e. The van der Waals surface area contributed by atoms with Crippen molar-refractivity contribution in [2.24, 2.45) is 0 Å². The average molecular weight is 431 g/mol. The topological polar surface area (TPSA) is 140 Å². The lowest BCUT2D eigenvalue weighted by molar-refractivity contribution is -0.140. The minimum atomic E-state index is -1.26. The highest BCUT2D eigenvalue weighted by atomic mass is 16.6. The molecule has 0 atom stereocenters. The first kappa shape index (κ1) is 23.2. The van der Waals surface area contributed by atoms with Gasteiger partial charge in [0.05, 0.1) is 6.54 Å². The summed E-state index contributed by atoms with van der Waals surface area (Å²) in [4.78, 5) is 47.2. The van der Waals surface area contributed by atoms with Gasteiger partial charge in [-0.3, -0.25) is 4.79 Å². The number of carbonyl (C=O) groups is 4. The van der Waals surface area contributed by atoms with Crippen molar-refractivity contribution in [3.05, 3.63) is 59.7 Å². The van der Waals surface area contributed by atoms with Crippen LogP contribution in [0.2, 0.25) is 0 Å². The smallest absolute Gasteiger partial charge is 0.410 e. The van der Waals surface area contributed by atoms with E-state index in [9.17, 15) is 19.2 Å². The molecule has 0 fully saturated rings. The van der Waals surface area contributed by atoms with E-state index >= 15 is 0 Å². The third kappa shape index (κ3) is 7.69. The van der Waals surface area contributed by atoms with Gasteiger partial charge in [-0.05, 0) is 23.8 Å². The summed E-state index contributed by atoms with van der Waals surface area (Å²) in [6, 6.07) is 12.9. The first-order valence-corrected chi connectivity index (χ1v) is 9.04. The van der Waals surface area contributed by atoms with Crippen LogP contribution in [0.15, 0.2) is 48.5 Å². The molecule has 2 aromatic carbocycles. The molecule has 31 heavy (non-hydrogen) atoms. The third-order valence-corrected chi connectivity index (χ3v) is 3.87. The Balaban J connectivity index is 2.03. The van der Waals surface area contributed by atoms with E-state index in [2.05, 4.69) is 0 Å². The summed E-state index contributed by atoms with van der Waals surface area (Å²) >= 11 is 0. The van der Waals surface area contributed by atoms with Gasteiger partial charge in [0.1, 0.15) is 6.61 Å². The molecule has 2 aromatic rings. The Bertz CT molecular complexity index is 943. The normalized spacial score (nSPS) is 10.1. The molecular formula is C21H21NO9. The van der Waals surface area contributed by atoms with Crippen molar-refractivity contribution in [1.29, 1.82) is 0 Å². The van der Waals surface area contributed by atoms with Crippen LogP contribution in [0, 0.1) is 0 Å². The SMILES string of the molecule is CN(CC(=O)c1ccc(OCC(=O)O)c(OCC(=O)O)c1)C(=O)OCc1ccccc1. The van der Waals surface area contributed by atoms with Gasteiger partial charge in [-0.1, -0.05) is 30.3 Å². The molecule has 10 nitrogen and oxygen atoms in total. The second-order valence-corrected chi connectivity index (χ2v) is 6.35. The minimum absolute atomic E-state index is 0.0316. The van der Waals surface area contributed by atoms with Crippen LogP contribution >= 0.6 is 0 Å². The van der Waals surface area contributed by atoms with E-state index in [0.717, 1.165) is 10.5 Å². The summed E-state index contributed by atoms with van der Waals surface area (Å²) in [5, 5.41) is 17.5. The lowest BCUT2D eigenvalue weighted by Crippen LogP contribution is -2.32. The van der Waals surface area contributed by atoms with Crippen molar-refractivity contribution in [2.75, 3.05) is 26.8 Å². The highest BCUT2D eigenvalue weighted by Crippen LogP contribution is 2.29. The van der Waals surface area contributed by atoms with E-state index in [1.165, 1.54) is 25.2 Å². The Labute approximate surface area is 177 Å². The Morgan fingerprint density at radius 1 is 0.871 bits per heavy atom. The monoisotopic (exact) mass is 431 g/mol. The van der Waals surface area contributed by atoms with Crippen molar-refractivity contribution >= 4 is 23.8 Å². The van der Waals surface area contributed by atoms with Gasteiger partial charge in [-0.15, -0.1) is 0 Å². The number of hydrogen-bond acceptors (Lipinski definition) is 7. The van der Waals surface area contributed by atoms with Gasteiger partial charge >= 0.3 is 18.0 Å². The predicted molar refractivity (Wildman–Crippen MR) is 106 cm³/mol. The number of amides is 1. The van der Waals surface area contributed by atoms with Crippen LogP contribution in [-0.4, -0.2) is 65.7 Å². The van der Waals surface area contributed by atoms with Crippen molar-refractivity contribution in [2.45, 2.75) is 6.61 Å². The Morgan fingerprint density at radius 3 is 2.10 bits per heavy atom. The van der Waals surface area contributed by atoms with Gasteiger partial charge in [0.25, 0.3) is 0 Å². The summed E-state index contributed by atoms with van der Waals surface area (Å²) in [5.41, 5.74) is 0.915. The number of ketones is 1. The van der Waals surface area contributed by atoms with Crippen molar-refractivity contribution in [3.63, 3.8) is 0 Å². The van der Waals surface area contributed by atoms with Crippen LogP contribution in [0.3, 0.4) is 0 Å². The maximum atomic E-state index is 12.5. The van der Waals surface area contributed by atoms with Crippen LogP contribution in [-0.2, 0) is 20.9 Å². The van der Waals surface area contributed by atoms with E-state index in [-0.39, 0.29) is 30.2 Å². The average Bonchev–Trinajstić information content (AvgIpc) is 2.75. The van der Waals surface area contributed by atoms with Crippen LogP contribution in [0.1, 0.15) is 15.9 Å². The molecule has 0 aromatic heterocycles. The highest BCUT2D eigenvalue weighted by Gasteiger charge is 2.18. The molecule has 0 aliphatic rings. The molecule has 10 heteroatoms. The van der Waals surface area contributed by atoms with Gasteiger partial charge in [0.2, 0.25) is 0 Å². The second-order valence-electron chi connectivity index (χ2n) is 6.35. The summed E-state index contributed by atoms with van der Waals surface area (Å²) in [6.07, 6.45) is -0.694. The van der Waals surface area contributed by atoms with Gasteiger partial charge in [-0.2, -0.15) is 0 Å². The summed E-state index contributed by atoms with van der Waals surface area (Å²) < 4.78 is 15.3. The third-order valence-electron chi connectivity index (χ3n) is 3.87. The number of ether oxygens (including phenoxy) is 3. The zero-order valence-electron chi connectivity index (χ0n) is 16.6. The molecule has 0 bridgehead atoms. The lowest BCUT2D eigenvalue weighted by atomic mass is 10.1. The number of nitrogens with zero attached hydrogens (tertiary/aromatic N) is 1. The summed E-state index contributed by atoms with van der Waals surface area (Å²) in [5.74, 6) is -3.11. The zero-order valence-corrected chi connectivity index (χ0v) is 16.6. The molecule has 2 N–H and O–H groups in total. The maximum Gasteiger partial charge on any atom is 0.410 e. The number of benzene rings is 2. The largest absolute Gasteiger partial charge is 0.479 e. The fraction of sp³-hybridized carbons (Fsp3) is 0.238. The first-order chi connectivity index (χ1) is 14.8. The lowest BCUT2D eigenvalue weighted by Gasteiger charge is -2.17. The number of carboxylic acids is 2. The van der Waals surface area contributed by atoms with E-state index < -0.39 is 37.0 Å². The number of aliphatic carboxylic acids is 2. The molecule has 0 aliphatic carbocycles. The Morgan fingerprint density at radius 2 is 1.48 bits per heavy atom. The van der Waals surface area contributed by atoms with Crippen LogP contribution in [0.25, 0.3) is 0 Å². The molecule has 164 valence electrons. The molecule has 1 amide bonds. The fourth-order valence-electron chi connectivity index (χ4n) is 2.39. The number of likely N-dealkylation sites (N-methyl/N-ethyl adjacent to an activating group) is 1. The molecule has 0 spiro atoms. The predicted octanol–water partition coefficient (Wildman–Crippen LogP) is 2.06. The Kier molecular flexibility index (Phi) is 8.38. The second kappa shape index (κ2) is 11.2. The number of rotatable bonds is 11. The van der Waals surface area contributed by atoms with Crippen LogP contribution in [0.5, 0.6) is 11.5 Å². The molecule has 0 aliphatic heterocycles. The van der Waals surface area contributed by atoms with E-state index in [1.807, 2.05) is 18.2 Å². The molecule has 0 saturated carbocycles. The van der Waals surface area contributed by atoms with Crippen LogP contribution in [0.4, 0.5) is 4.79 Å². The molecule has 0 unspecified atom stereocenters. The molecule has 0 saturated heterocycles. The fourth-order valence-corrected chi connectivity index (χ4v) is 2.39. The first-order valence-electron chi connectivity index (χ1n) is 9.04.